The van der Waals surface area contributed by atoms with Crippen LogP contribution in [-0.2, 0) is 11.3 Å². The number of amides is 1. The molecule has 0 spiro atoms. The van der Waals surface area contributed by atoms with E-state index in [1.807, 2.05) is 42.7 Å². The van der Waals surface area contributed by atoms with Crippen LogP contribution in [0.1, 0.15) is 35.4 Å². The summed E-state index contributed by atoms with van der Waals surface area (Å²) in [7, 11) is 0. The van der Waals surface area contributed by atoms with Crippen molar-refractivity contribution >= 4 is 28.2 Å². The van der Waals surface area contributed by atoms with E-state index in [4.69, 9.17) is 4.74 Å². The van der Waals surface area contributed by atoms with E-state index in [1.54, 1.807) is 6.20 Å². The number of piperidine rings is 1. The number of pyridine rings is 2. The number of benzene rings is 1. The molecule has 0 unspecified atom stereocenters. The van der Waals surface area contributed by atoms with Gasteiger partial charge in [-0.2, -0.15) is 5.10 Å². The van der Waals surface area contributed by atoms with E-state index in [9.17, 15) is 4.79 Å². The molecule has 2 fully saturated rings. The first kappa shape index (κ1) is 23.6. The standard InChI is InChI=1S/C28H31N7O2/c36-28(31-22-5-6-23(30-17-22)19-34-10-12-37-13-11-34)27-25-15-20(4-7-26(25)32-33-27)21-14-24(18-29-16-21)35-8-2-1-3-9-35/h4-7,14-18H,1-3,8-13,19H2,(H,31,36)(H,32,33). The molecule has 0 aliphatic carbocycles. The highest BCUT2D eigenvalue weighted by atomic mass is 16.5. The quantitative estimate of drug-likeness (QED) is 0.414. The summed E-state index contributed by atoms with van der Waals surface area (Å²) in [6.45, 7) is 6.25. The van der Waals surface area contributed by atoms with Crippen molar-refractivity contribution in [2.24, 2.45) is 0 Å². The van der Waals surface area contributed by atoms with E-state index in [0.29, 0.717) is 11.4 Å². The van der Waals surface area contributed by atoms with Gasteiger partial charge in [-0.3, -0.25) is 24.8 Å². The van der Waals surface area contributed by atoms with Crippen LogP contribution in [0.25, 0.3) is 22.0 Å². The van der Waals surface area contributed by atoms with Crippen molar-refractivity contribution in [3.8, 4) is 11.1 Å². The van der Waals surface area contributed by atoms with Crippen molar-refractivity contribution in [1.29, 1.82) is 0 Å². The Hall–Kier alpha value is -3.82. The van der Waals surface area contributed by atoms with Gasteiger partial charge in [0.05, 0.1) is 48.2 Å². The molecule has 2 saturated heterocycles. The maximum atomic E-state index is 13.1. The number of morpholine rings is 1. The number of rotatable bonds is 6. The summed E-state index contributed by atoms with van der Waals surface area (Å²) < 4.78 is 5.41. The number of aromatic nitrogens is 4. The highest BCUT2D eigenvalue weighted by molar-refractivity contribution is 6.11. The summed E-state index contributed by atoms with van der Waals surface area (Å²) in [5, 5.41) is 11.0. The number of nitrogens with zero attached hydrogens (tertiary/aromatic N) is 5. The molecule has 0 bridgehead atoms. The van der Waals surface area contributed by atoms with Gasteiger partial charge in [0.1, 0.15) is 0 Å². The third-order valence-electron chi connectivity index (χ3n) is 7.13. The number of fused-ring (bicyclic) bond motifs is 1. The number of hydrogen-bond donors (Lipinski definition) is 2. The Morgan fingerprint density at radius 1 is 0.946 bits per heavy atom. The zero-order chi connectivity index (χ0) is 25.0. The maximum Gasteiger partial charge on any atom is 0.276 e. The Morgan fingerprint density at radius 3 is 2.62 bits per heavy atom. The van der Waals surface area contributed by atoms with Gasteiger partial charge in [0.15, 0.2) is 5.69 Å². The van der Waals surface area contributed by atoms with E-state index in [2.05, 4.69) is 41.3 Å². The fourth-order valence-electron chi connectivity index (χ4n) is 5.05. The monoisotopic (exact) mass is 497 g/mol. The molecule has 1 aromatic carbocycles. The molecule has 37 heavy (non-hydrogen) atoms. The number of carbonyl (C=O) groups excluding carboxylic acids is 1. The van der Waals surface area contributed by atoms with Crippen LogP contribution in [0.3, 0.4) is 0 Å². The summed E-state index contributed by atoms with van der Waals surface area (Å²) in [4.78, 5) is 26.9. The molecule has 2 N–H and O–H groups in total. The van der Waals surface area contributed by atoms with Crippen LogP contribution in [0.15, 0.2) is 55.0 Å². The van der Waals surface area contributed by atoms with E-state index < -0.39 is 0 Å². The van der Waals surface area contributed by atoms with Crippen LogP contribution in [0.4, 0.5) is 11.4 Å². The lowest BCUT2D eigenvalue weighted by Crippen LogP contribution is -2.35. The van der Waals surface area contributed by atoms with Gasteiger partial charge in [-0.25, -0.2) is 0 Å². The SMILES string of the molecule is O=C(Nc1ccc(CN2CCOCC2)nc1)c1n[nH]c2ccc(-c3cncc(N4CCCCC4)c3)cc12. The second-order valence-electron chi connectivity index (χ2n) is 9.69. The highest BCUT2D eigenvalue weighted by Gasteiger charge is 2.17. The summed E-state index contributed by atoms with van der Waals surface area (Å²) in [6.07, 6.45) is 9.24. The molecule has 1 amide bonds. The minimum atomic E-state index is -0.272. The van der Waals surface area contributed by atoms with Crippen molar-refractivity contribution in [2.75, 3.05) is 49.6 Å². The number of carbonyl (C=O) groups is 1. The van der Waals surface area contributed by atoms with Crippen molar-refractivity contribution < 1.29 is 9.53 Å². The zero-order valence-corrected chi connectivity index (χ0v) is 20.8. The summed E-state index contributed by atoms with van der Waals surface area (Å²) in [5.74, 6) is -0.272. The van der Waals surface area contributed by atoms with E-state index in [-0.39, 0.29) is 5.91 Å². The van der Waals surface area contributed by atoms with Crippen LogP contribution in [-0.4, -0.2) is 70.4 Å². The van der Waals surface area contributed by atoms with Crippen molar-refractivity contribution in [3.05, 3.63) is 66.4 Å². The largest absolute Gasteiger partial charge is 0.379 e. The lowest BCUT2D eigenvalue weighted by molar-refractivity contribution is 0.0336. The first-order valence-corrected chi connectivity index (χ1v) is 13.0. The summed E-state index contributed by atoms with van der Waals surface area (Å²) in [6, 6.07) is 12.0. The molecule has 0 saturated carbocycles. The van der Waals surface area contributed by atoms with Gasteiger partial charge in [0.2, 0.25) is 0 Å². The molecule has 6 rings (SSSR count). The number of anilines is 2. The van der Waals surface area contributed by atoms with Crippen molar-refractivity contribution in [3.63, 3.8) is 0 Å². The third-order valence-corrected chi connectivity index (χ3v) is 7.13. The molecule has 5 heterocycles. The van der Waals surface area contributed by atoms with E-state index in [0.717, 1.165) is 79.3 Å². The number of H-pyrrole nitrogens is 1. The Morgan fingerprint density at radius 2 is 1.81 bits per heavy atom. The molecule has 4 aromatic rings. The topological polar surface area (TPSA) is 99.3 Å². The Kier molecular flexibility index (Phi) is 6.79. The van der Waals surface area contributed by atoms with Gasteiger partial charge in [-0.15, -0.1) is 0 Å². The molecule has 9 nitrogen and oxygen atoms in total. The molecule has 2 aliphatic heterocycles. The molecule has 0 radical (unpaired) electrons. The highest BCUT2D eigenvalue weighted by Crippen LogP contribution is 2.29. The molecule has 190 valence electrons. The second kappa shape index (κ2) is 10.7. The second-order valence-corrected chi connectivity index (χ2v) is 9.69. The van der Waals surface area contributed by atoms with Gasteiger partial charge < -0.3 is 15.0 Å². The minimum absolute atomic E-state index is 0.272. The van der Waals surface area contributed by atoms with Crippen molar-refractivity contribution in [1.82, 2.24) is 25.1 Å². The summed E-state index contributed by atoms with van der Waals surface area (Å²) >= 11 is 0. The molecule has 9 heteroatoms. The minimum Gasteiger partial charge on any atom is -0.379 e. The average molecular weight is 498 g/mol. The average Bonchev–Trinajstić information content (AvgIpc) is 3.39. The molecular formula is C28H31N7O2. The first-order chi connectivity index (χ1) is 18.2. The molecule has 0 atom stereocenters. The summed E-state index contributed by atoms with van der Waals surface area (Å²) in [5.41, 5.74) is 5.95. The smallest absolute Gasteiger partial charge is 0.276 e. The third kappa shape index (κ3) is 5.33. The maximum absolute atomic E-state index is 13.1. The lowest BCUT2D eigenvalue weighted by atomic mass is 10.0. The fraction of sp³-hybridized carbons (Fsp3) is 0.357. The van der Waals surface area contributed by atoms with Crippen LogP contribution >= 0.6 is 0 Å². The fourth-order valence-corrected chi connectivity index (χ4v) is 5.05. The Balaban J connectivity index is 1.18. The van der Waals surface area contributed by atoms with Gasteiger partial charge in [0, 0.05) is 49.9 Å². The number of aromatic amines is 1. The van der Waals surface area contributed by atoms with E-state index in [1.165, 1.54) is 19.3 Å². The zero-order valence-electron chi connectivity index (χ0n) is 20.8. The normalized spacial score (nSPS) is 16.7. The Bertz CT molecular complexity index is 1370. The van der Waals surface area contributed by atoms with Gasteiger partial charge in [-0.1, -0.05) is 6.07 Å². The number of hydrogen-bond acceptors (Lipinski definition) is 7. The number of ether oxygens (including phenoxy) is 1. The van der Waals surface area contributed by atoms with Crippen LogP contribution in [0.5, 0.6) is 0 Å². The van der Waals surface area contributed by atoms with E-state index >= 15 is 0 Å². The van der Waals surface area contributed by atoms with Crippen molar-refractivity contribution in [2.45, 2.75) is 25.8 Å². The van der Waals surface area contributed by atoms with Gasteiger partial charge in [0.25, 0.3) is 5.91 Å². The van der Waals surface area contributed by atoms with Crippen LogP contribution < -0.4 is 10.2 Å². The van der Waals surface area contributed by atoms with Gasteiger partial charge >= 0.3 is 0 Å². The molecule has 2 aliphatic rings. The van der Waals surface area contributed by atoms with Gasteiger partial charge in [-0.05, 0) is 55.2 Å². The first-order valence-electron chi connectivity index (χ1n) is 13.0. The van der Waals surface area contributed by atoms with Crippen LogP contribution in [0.2, 0.25) is 0 Å². The Labute approximate surface area is 215 Å². The number of nitrogens with one attached hydrogen (secondary N) is 2. The lowest BCUT2D eigenvalue weighted by Gasteiger charge is -2.28. The molecule has 3 aromatic heterocycles. The van der Waals surface area contributed by atoms with Crippen LogP contribution in [0, 0.1) is 0 Å². The predicted octanol–water partition coefficient (Wildman–Crippen LogP) is 4.09. The molecular weight excluding hydrogens is 466 g/mol. The predicted molar refractivity (Wildman–Crippen MR) is 144 cm³/mol.